The number of thioether (sulfide) groups is 1. The van der Waals surface area contributed by atoms with Crippen molar-refractivity contribution >= 4 is 35.0 Å². The second-order valence-corrected chi connectivity index (χ2v) is 9.11. The molecule has 11 heteroatoms. The molecule has 1 amide bonds. The van der Waals surface area contributed by atoms with E-state index in [4.69, 9.17) is 17.4 Å². The lowest BCUT2D eigenvalue weighted by Crippen LogP contribution is -2.27. The summed E-state index contributed by atoms with van der Waals surface area (Å²) in [6.07, 6.45) is 0. The summed E-state index contributed by atoms with van der Waals surface area (Å²) < 4.78 is 4.55. The van der Waals surface area contributed by atoms with Gasteiger partial charge in [0.15, 0.2) is 5.82 Å². The molecule has 1 unspecified atom stereocenters. The Hall–Kier alpha value is -3.50. The summed E-state index contributed by atoms with van der Waals surface area (Å²) in [6, 6.07) is 16.3. The molecule has 2 heterocycles. The summed E-state index contributed by atoms with van der Waals surface area (Å²) in [5.74, 6) is 6.26. The zero-order valence-corrected chi connectivity index (χ0v) is 19.8. The van der Waals surface area contributed by atoms with E-state index >= 15 is 0 Å². The molecule has 0 radical (unpaired) electrons. The van der Waals surface area contributed by atoms with Crippen LogP contribution in [0.1, 0.15) is 12.6 Å². The van der Waals surface area contributed by atoms with Crippen LogP contribution in [0.5, 0.6) is 0 Å². The van der Waals surface area contributed by atoms with Gasteiger partial charge in [0, 0.05) is 17.6 Å². The zero-order chi connectivity index (χ0) is 23.7. The molecule has 9 nitrogen and oxygen atoms in total. The molecule has 0 saturated carbocycles. The first-order valence-corrected chi connectivity index (χ1v) is 11.3. The molecule has 0 bridgehead atoms. The van der Waals surface area contributed by atoms with Gasteiger partial charge in [0.05, 0.1) is 16.6 Å². The molecule has 0 aliphatic heterocycles. The van der Waals surface area contributed by atoms with Gasteiger partial charge in [0.25, 0.3) is 5.56 Å². The van der Waals surface area contributed by atoms with Crippen molar-refractivity contribution in [3.05, 3.63) is 75.7 Å². The molecule has 4 aromatic rings. The van der Waals surface area contributed by atoms with Crippen molar-refractivity contribution in [3.8, 4) is 17.1 Å². The largest absolute Gasteiger partial charge is 0.335 e. The highest BCUT2D eigenvalue weighted by Gasteiger charge is 2.23. The van der Waals surface area contributed by atoms with E-state index < -0.39 is 5.25 Å². The van der Waals surface area contributed by atoms with Crippen LogP contribution >= 0.6 is 23.4 Å². The highest BCUT2D eigenvalue weighted by atomic mass is 35.5. The summed E-state index contributed by atoms with van der Waals surface area (Å²) in [7, 11) is 1.77. The monoisotopic (exact) mass is 483 g/mol. The first kappa shape index (κ1) is 22.7. The molecule has 0 saturated heterocycles. The van der Waals surface area contributed by atoms with Crippen LogP contribution in [-0.4, -0.2) is 35.4 Å². The number of hydrogen-bond donors (Lipinski definition) is 2. The van der Waals surface area contributed by atoms with Crippen molar-refractivity contribution in [1.82, 2.24) is 24.2 Å². The molecule has 33 heavy (non-hydrogen) atoms. The Balaban J connectivity index is 1.53. The van der Waals surface area contributed by atoms with Crippen LogP contribution in [0.25, 0.3) is 17.1 Å². The van der Waals surface area contributed by atoms with Gasteiger partial charge >= 0.3 is 0 Å². The summed E-state index contributed by atoms with van der Waals surface area (Å²) in [6.45, 7) is 3.49. The van der Waals surface area contributed by atoms with Crippen molar-refractivity contribution in [2.45, 2.75) is 24.3 Å². The fourth-order valence-corrected chi connectivity index (χ4v) is 4.20. The maximum atomic E-state index is 13.0. The van der Waals surface area contributed by atoms with Crippen molar-refractivity contribution in [2.24, 2.45) is 7.05 Å². The van der Waals surface area contributed by atoms with E-state index in [1.54, 1.807) is 49.8 Å². The van der Waals surface area contributed by atoms with Crippen LogP contribution in [0.2, 0.25) is 5.02 Å². The van der Waals surface area contributed by atoms with E-state index in [1.807, 2.05) is 30.3 Å². The van der Waals surface area contributed by atoms with Gasteiger partial charge in [0.2, 0.25) is 11.1 Å². The van der Waals surface area contributed by atoms with E-state index in [0.717, 1.165) is 17.3 Å². The second-order valence-electron chi connectivity index (χ2n) is 7.37. The lowest BCUT2D eigenvalue weighted by atomic mass is 10.2. The molecule has 1 atom stereocenters. The quantitative estimate of drug-likeness (QED) is 0.321. The van der Waals surface area contributed by atoms with Crippen molar-refractivity contribution in [1.29, 1.82) is 0 Å². The number of halogens is 1. The number of hydrogen-bond acceptors (Lipinski definition) is 6. The van der Waals surface area contributed by atoms with E-state index in [1.165, 1.54) is 9.36 Å². The fraction of sp³-hybridized carbons (Fsp3) is 0.182. The minimum Gasteiger partial charge on any atom is -0.335 e. The Bertz CT molecular complexity index is 1360. The summed E-state index contributed by atoms with van der Waals surface area (Å²) in [4.78, 5) is 25.9. The number of nitrogens with one attached hydrogen (secondary N) is 1. The van der Waals surface area contributed by atoms with E-state index in [2.05, 4.69) is 15.5 Å². The van der Waals surface area contributed by atoms with Crippen LogP contribution in [0.3, 0.4) is 0 Å². The topological polar surface area (TPSA) is 113 Å². The normalized spacial score (nSPS) is 12.0. The molecule has 2 aromatic heterocycles. The summed E-state index contributed by atoms with van der Waals surface area (Å²) in [5, 5.41) is 11.4. The van der Waals surface area contributed by atoms with Crippen LogP contribution in [0.15, 0.2) is 64.5 Å². The molecule has 170 valence electrons. The Morgan fingerprint density at radius 1 is 1.12 bits per heavy atom. The van der Waals surface area contributed by atoms with Crippen molar-refractivity contribution in [3.63, 3.8) is 0 Å². The maximum Gasteiger partial charge on any atom is 0.295 e. The molecular formula is C22H22ClN7O2S. The van der Waals surface area contributed by atoms with Crippen LogP contribution in [0, 0.1) is 6.92 Å². The lowest BCUT2D eigenvalue weighted by molar-refractivity contribution is -0.115. The maximum absolute atomic E-state index is 13.0. The van der Waals surface area contributed by atoms with Crippen LogP contribution < -0.4 is 16.7 Å². The van der Waals surface area contributed by atoms with Gasteiger partial charge in [-0.05, 0) is 50.2 Å². The number of nitrogens with two attached hydrogens (primary N) is 1. The minimum atomic E-state index is -0.584. The Labute approximate surface area is 199 Å². The molecular weight excluding hydrogens is 462 g/mol. The minimum absolute atomic E-state index is 0.231. The third-order valence-corrected chi connectivity index (χ3v) is 6.53. The van der Waals surface area contributed by atoms with Crippen LogP contribution in [-0.2, 0) is 11.8 Å². The number of carbonyl (C=O) groups is 1. The van der Waals surface area contributed by atoms with Crippen molar-refractivity contribution < 1.29 is 4.79 Å². The Morgan fingerprint density at radius 3 is 2.45 bits per heavy atom. The van der Waals surface area contributed by atoms with Gasteiger partial charge in [-0.2, -0.15) is 0 Å². The Morgan fingerprint density at radius 2 is 1.79 bits per heavy atom. The average Bonchev–Trinajstić information content (AvgIpc) is 3.27. The molecule has 2 aromatic carbocycles. The highest BCUT2D eigenvalue weighted by molar-refractivity contribution is 8.00. The number of nitrogens with zero attached hydrogens (tertiary/aromatic N) is 5. The first-order chi connectivity index (χ1) is 15.8. The third kappa shape index (κ3) is 4.39. The lowest BCUT2D eigenvalue weighted by Gasteiger charge is -2.11. The number of anilines is 1. The molecule has 0 spiro atoms. The van der Waals surface area contributed by atoms with Gasteiger partial charge in [0.1, 0.15) is 5.69 Å². The predicted molar refractivity (Wildman–Crippen MR) is 130 cm³/mol. The van der Waals surface area contributed by atoms with E-state index in [9.17, 15) is 9.59 Å². The van der Waals surface area contributed by atoms with Gasteiger partial charge in [-0.3, -0.25) is 14.3 Å². The fourth-order valence-electron chi connectivity index (χ4n) is 3.30. The summed E-state index contributed by atoms with van der Waals surface area (Å²) in [5.41, 5.74) is 2.02. The van der Waals surface area contributed by atoms with E-state index in [0.29, 0.717) is 27.4 Å². The highest BCUT2D eigenvalue weighted by Crippen LogP contribution is 2.26. The SMILES string of the molecule is Cc1c(NC(=O)C(C)Sc2nnc(-c3ccc(Cl)cc3)n2N)c(=O)n(-c2ccccc2)n1C. The number of para-hydroxylation sites is 1. The van der Waals surface area contributed by atoms with Gasteiger partial charge in [-0.1, -0.05) is 41.6 Å². The second kappa shape index (κ2) is 9.16. The number of amides is 1. The van der Waals surface area contributed by atoms with Gasteiger partial charge in [-0.25, -0.2) is 9.36 Å². The molecule has 4 rings (SSSR count). The summed E-state index contributed by atoms with van der Waals surface area (Å²) >= 11 is 7.08. The smallest absolute Gasteiger partial charge is 0.295 e. The number of benzene rings is 2. The number of aromatic nitrogens is 5. The molecule has 0 fully saturated rings. The molecule has 0 aliphatic carbocycles. The predicted octanol–water partition coefficient (Wildman–Crippen LogP) is 3.23. The van der Waals surface area contributed by atoms with Crippen LogP contribution in [0.4, 0.5) is 5.69 Å². The Kier molecular flexibility index (Phi) is 6.30. The van der Waals surface area contributed by atoms with Gasteiger partial charge < -0.3 is 11.2 Å². The standard InChI is InChI=1S/C22H22ClN7O2S/c1-13-18(21(32)30(28(13)3)17-7-5-4-6-8-17)25-20(31)14(2)33-22-27-26-19(29(22)24)15-9-11-16(23)12-10-15/h4-12,14H,24H2,1-3H3,(H,25,31). The average molecular weight is 484 g/mol. The number of rotatable bonds is 6. The number of carbonyl (C=O) groups excluding carboxylic acids is 1. The third-order valence-electron chi connectivity index (χ3n) is 5.22. The molecule has 0 aliphatic rings. The number of nitrogen functional groups attached to an aromatic ring is 1. The first-order valence-electron chi connectivity index (χ1n) is 10.1. The molecule has 3 N–H and O–H groups in total. The van der Waals surface area contributed by atoms with Gasteiger partial charge in [-0.15, -0.1) is 10.2 Å². The zero-order valence-electron chi connectivity index (χ0n) is 18.2. The van der Waals surface area contributed by atoms with E-state index in [-0.39, 0.29) is 17.2 Å². The van der Waals surface area contributed by atoms with Crippen molar-refractivity contribution in [2.75, 3.05) is 11.2 Å².